The second-order valence-corrected chi connectivity index (χ2v) is 7.87. The van der Waals surface area contributed by atoms with E-state index in [2.05, 4.69) is 59.6 Å². The van der Waals surface area contributed by atoms with Crippen molar-refractivity contribution in [2.24, 2.45) is 0 Å². The molecular formula is C22H25N3. The van der Waals surface area contributed by atoms with E-state index >= 15 is 0 Å². The molecule has 25 heavy (non-hydrogen) atoms. The van der Waals surface area contributed by atoms with Crippen LogP contribution in [0.1, 0.15) is 39.6 Å². The van der Waals surface area contributed by atoms with Crippen molar-refractivity contribution in [3.8, 4) is 0 Å². The van der Waals surface area contributed by atoms with Crippen molar-refractivity contribution in [2.45, 2.75) is 39.2 Å². The van der Waals surface area contributed by atoms with Crippen molar-refractivity contribution in [2.75, 3.05) is 20.1 Å². The van der Waals surface area contributed by atoms with E-state index in [1.54, 1.807) is 11.3 Å². The number of aryl methyl sites for hydroxylation is 2. The smallest absolute Gasteiger partial charge is 0.0525 e. The normalized spacial score (nSPS) is 20.0. The Morgan fingerprint density at radius 1 is 1.08 bits per heavy atom. The second-order valence-electron chi connectivity index (χ2n) is 7.87. The summed E-state index contributed by atoms with van der Waals surface area (Å²) in [7, 11) is 2.25. The summed E-state index contributed by atoms with van der Waals surface area (Å²) in [6, 6.07) is 9.29. The van der Waals surface area contributed by atoms with Gasteiger partial charge in [0, 0.05) is 54.9 Å². The van der Waals surface area contributed by atoms with Crippen molar-refractivity contribution in [1.82, 2.24) is 14.5 Å². The Morgan fingerprint density at radius 2 is 1.92 bits per heavy atom. The summed E-state index contributed by atoms with van der Waals surface area (Å²) in [5, 5.41) is 1.51. The average molecular weight is 331 g/mol. The molecule has 0 bridgehead atoms. The van der Waals surface area contributed by atoms with Crippen LogP contribution in [0.4, 0.5) is 0 Å². The fourth-order valence-electron chi connectivity index (χ4n) is 4.88. The Hall–Kier alpha value is -2.13. The minimum Gasteiger partial charge on any atom is -0.343 e. The number of hydrogen-bond donors (Lipinski definition) is 0. The van der Waals surface area contributed by atoms with Gasteiger partial charge in [-0.2, -0.15) is 0 Å². The van der Waals surface area contributed by atoms with Gasteiger partial charge in [0.15, 0.2) is 0 Å². The van der Waals surface area contributed by atoms with E-state index in [0.29, 0.717) is 5.92 Å². The number of pyridine rings is 1. The minimum atomic E-state index is 0.463. The standard InChI is InChI=1S/C22H25N3/c1-14-10-18-17-5-8-24(3)9-6-21(17)25-13-20(19(11-14)22(18)25)16-4-7-23-15(2)12-16/h4,7,10-12,20H,5-6,8-9,13H2,1-3H3. The molecule has 5 rings (SSSR count). The Balaban J connectivity index is 1.72. The summed E-state index contributed by atoms with van der Waals surface area (Å²) in [5.74, 6) is 0.463. The lowest BCUT2D eigenvalue weighted by atomic mass is 9.90. The van der Waals surface area contributed by atoms with Crippen LogP contribution in [-0.2, 0) is 19.4 Å². The summed E-state index contributed by atoms with van der Waals surface area (Å²) >= 11 is 0. The van der Waals surface area contributed by atoms with Crippen molar-refractivity contribution in [3.63, 3.8) is 0 Å². The van der Waals surface area contributed by atoms with Crippen LogP contribution in [0.2, 0.25) is 0 Å². The highest BCUT2D eigenvalue weighted by molar-refractivity contribution is 5.91. The zero-order chi connectivity index (χ0) is 17.1. The molecule has 0 N–H and O–H groups in total. The van der Waals surface area contributed by atoms with Gasteiger partial charge in [-0.25, -0.2) is 0 Å². The molecule has 128 valence electrons. The summed E-state index contributed by atoms with van der Waals surface area (Å²) in [6.45, 7) is 7.75. The zero-order valence-electron chi connectivity index (χ0n) is 15.3. The molecule has 0 saturated carbocycles. The highest BCUT2D eigenvalue weighted by Crippen LogP contribution is 2.43. The molecule has 1 aromatic carbocycles. The molecule has 1 atom stereocenters. The minimum absolute atomic E-state index is 0.463. The van der Waals surface area contributed by atoms with Gasteiger partial charge in [0.05, 0.1) is 5.52 Å². The molecule has 3 heteroatoms. The Bertz CT molecular complexity index is 983. The highest BCUT2D eigenvalue weighted by Gasteiger charge is 2.31. The fourth-order valence-corrected chi connectivity index (χ4v) is 4.88. The lowest BCUT2D eigenvalue weighted by molar-refractivity contribution is 0.351. The molecule has 3 nitrogen and oxygen atoms in total. The van der Waals surface area contributed by atoms with E-state index in [0.717, 1.165) is 18.8 Å². The van der Waals surface area contributed by atoms with Gasteiger partial charge in [-0.15, -0.1) is 0 Å². The zero-order valence-corrected chi connectivity index (χ0v) is 15.3. The molecule has 0 amide bonds. The van der Waals surface area contributed by atoms with Gasteiger partial charge in [0.2, 0.25) is 0 Å². The van der Waals surface area contributed by atoms with E-state index in [4.69, 9.17) is 0 Å². The van der Waals surface area contributed by atoms with Crippen molar-refractivity contribution in [1.29, 1.82) is 0 Å². The van der Waals surface area contributed by atoms with Gasteiger partial charge in [0.25, 0.3) is 0 Å². The van der Waals surface area contributed by atoms with Crippen LogP contribution in [0.3, 0.4) is 0 Å². The number of aromatic nitrogens is 2. The van der Waals surface area contributed by atoms with Gasteiger partial charge < -0.3 is 9.47 Å². The molecule has 2 aliphatic rings. The van der Waals surface area contributed by atoms with Gasteiger partial charge in [-0.05, 0) is 62.2 Å². The maximum Gasteiger partial charge on any atom is 0.0525 e. The molecule has 1 unspecified atom stereocenters. The molecule has 3 aromatic rings. The van der Waals surface area contributed by atoms with Crippen LogP contribution < -0.4 is 0 Å². The molecule has 4 heterocycles. The van der Waals surface area contributed by atoms with E-state index < -0.39 is 0 Å². The van der Waals surface area contributed by atoms with Gasteiger partial charge in [-0.3, -0.25) is 4.98 Å². The summed E-state index contributed by atoms with van der Waals surface area (Å²) in [4.78, 5) is 6.86. The molecule has 0 aliphatic carbocycles. The maximum absolute atomic E-state index is 4.39. The lowest BCUT2D eigenvalue weighted by Crippen LogP contribution is -2.21. The Labute approximate surface area is 149 Å². The SMILES string of the molecule is Cc1cc2c3c(c1)c1c(n3CC2c2ccnc(C)c2)CCN(C)CC1. The van der Waals surface area contributed by atoms with Crippen LogP contribution in [0.5, 0.6) is 0 Å². The number of likely N-dealkylation sites (N-methyl/N-ethyl adjacent to an activating group) is 1. The molecule has 2 aromatic heterocycles. The Morgan fingerprint density at radius 3 is 2.76 bits per heavy atom. The van der Waals surface area contributed by atoms with Crippen LogP contribution in [0.25, 0.3) is 10.9 Å². The van der Waals surface area contributed by atoms with Crippen LogP contribution >= 0.6 is 0 Å². The Kier molecular flexibility index (Phi) is 3.29. The van der Waals surface area contributed by atoms with Crippen LogP contribution in [0.15, 0.2) is 30.5 Å². The first kappa shape index (κ1) is 15.2. The first-order valence-electron chi connectivity index (χ1n) is 9.37. The quantitative estimate of drug-likeness (QED) is 0.676. The first-order valence-corrected chi connectivity index (χ1v) is 9.37. The van der Waals surface area contributed by atoms with Crippen LogP contribution in [0, 0.1) is 13.8 Å². The van der Waals surface area contributed by atoms with Crippen LogP contribution in [-0.4, -0.2) is 34.6 Å². The number of benzene rings is 1. The lowest BCUT2D eigenvalue weighted by Gasteiger charge is -2.15. The monoisotopic (exact) mass is 331 g/mol. The highest BCUT2D eigenvalue weighted by atomic mass is 15.1. The average Bonchev–Trinajstić information content (AvgIpc) is 3.02. The van der Waals surface area contributed by atoms with E-state index in [9.17, 15) is 0 Å². The molecule has 0 fully saturated rings. The van der Waals surface area contributed by atoms with E-state index in [-0.39, 0.29) is 0 Å². The molecule has 2 aliphatic heterocycles. The molecule has 0 radical (unpaired) electrons. The molecule has 0 saturated heterocycles. The number of nitrogens with zero attached hydrogens (tertiary/aromatic N) is 3. The van der Waals surface area contributed by atoms with Gasteiger partial charge in [0.1, 0.15) is 0 Å². The fraction of sp³-hybridized carbons (Fsp3) is 0.409. The maximum atomic E-state index is 4.39. The summed E-state index contributed by atoms with van der Waals surface area (Å²) in [5.41, 5.74) is 10.1. The molecular weight excluding hydrogens is 306 g/mol. The molecule has 0 spiro atoms. The first-order chi connectivity index (χ1) is 12.1. The van der Waals surface area contributed by atoms with E-state index in [1.165, 1.54) is 47.0 Å². The third-order valence-corrected chi connectivity index (χ3v) is 6.09. The number of fused-ring (bicyclic) bond motifs is 3. The number of rotatable bonds is 1. The topological polar surface area (TPSA) is 21.1 Å². The van der Waals surface area contributed by atoms with E-state index in [1.807, 2.05) is 6.20 Å². The van der Waals surface area contributed by atoms with Crippen molar-refractivity contribution >= 4 is 10.9 Å². The van der Waals surface area contributed by atoms with Crippen molar-refractivity contribution in [3.05, 3.63) is 64.1 Å². The third kappa shape index (κ3) is 2.26. The predicted molar refractivity (Wildman–Crippen MR) is 102 cm³/mol. The predicted octanol–water partition coefficient (Wildman–Crippen LogP) is 3.83. The number of hydrogen-bond acceptors (Lipinski definition) is 2. The van der Waals surface area contributed by atoms with Gasteiger partial charge in [-0.1, -0.05) is 11.6 Å². The summed E-state index contributed by atoms with van der Waals surface area (Å²) in [6.07, 6.45) is 4.30. The van der Waals surface area contributed by atoms with Gasteiger partial charge >= 0.3 is 0 Å². The summed E-state index contributed by atoms with van der Waals surface area (Å²) < 4.78 is 2.64. The van der Waals surface area contributed by atoms with Crippen molar-refractivity contribution < 1.29 is 0 Å². The largest absolute Gasteiger partial charge is 0.343 e. The second kappa shape index (κ2) is 5.43. The third-order valence-electron chi connectivity index (χ3n) is 6.09.